The van der Waals surface area contributed by atoms with Crippen molar-refractivity contribution in [1.82, 2.24) is 19.8 Å². The van der Waals surface area contributed by atoms with Gasteiger partial charge in [0.2, 0.25) is 11.8 Å². The lowest BCUT2D eigenvalue weighted by Crippen LogP contribution is -2.53. The van der Waals surface area contributed by atoms with E-state index in [2.05, 4.69) is 10.6 Å². The fraction of sp³-hybridized carbons (Fsp3) is 0.286. The van der Waals surface area contributed by atoms with Crippen LogP contribution in [0.2, 0.25) is 0 Å². The summed E-state index contributed by atoms with van der Waals surface area (Å²) in [6.07, 6.45) is 3.69. The molecular formula is C14H16N4O2. The Morgan fingerprint density at radius 1 is 0.850 bits per heavy atom. The van der Waals surface area contributed by atoms with Crippen molar-refractivity contribution in [2.45, 2.75) is 12.1 Å². The molecule has 6 nitrogen and oxygen atoms in total. The lowest BCUT2D eigenvalue weighted by Gasteiger charge is -2.30. The van der Waals surface area contributed by atoms with Gasteiger partial charge in [-0.15, -0.1) is 0 Å². The van der Waals surface area contributed by atoms with Gasteiger partial charge in [0.1, 0.15) is 12.1 Å². The van der Waals surface area contributed by atoms with Gasteiger partial charge in [-0.1, -0.05) is 0 Å². The molecule has 0 aromatic carbocycles. The summed E-state index contributed by atoms with van der Waals surface area (Å²) in [4.78, 5) is 24.5. The Morgan fingerprint density at radius 3 is 1.55 bits per heavy atom. The van der Waals surface area contributed by atoms with Crippen molar-refractivity contribution in [3.63, 3.8) is 0 Å². The van der Waals surface area contributed by atoms with Crippen LogP contribution in [0.4, 0.5) is 0 Å². The standard InChI is InChI=1S/C14H16N4O2/c1-17-7-3-5-9(17)11-13(19)16-12(14(20)15-11)10-6-4-8-18(10)2/h3-8,11-12H,1-2H3,(H,15,20)(H,16,19)/t11-,12-/m0/s1. The van der Waals surface area contributed by atoms with Crippen LogP contribution in [0, 0.1) is 0 Å². The largest absolute Gasteiger partial charge is 0.352 e. The Morgan fingerprint density at radius 2 is 1.25 bits per heavy atom. The average Bonchev–Trinajstić information content (AvgIpc) is 3.01. The smallest absolute Gasteiger partial charge is 0.249 e. The van der Waals surface area contributed by atoms with Crippen LogP contribution in [0.3, 0.4) is 0 Å². The van der Waals surface area contributed by atoms with Crippen molar-refractivity contribution in [2.75, 3.05) is 0 Å². The van der Waals surface area contributed by atoms with E-state index in [1.54, 1.807) is 0 Å². The third kappa shape index (κ3) is 1.89. The molecule has 1 aliphatic rings. The lowest BCUT2D eigenvalue weighted by molar-refractivity contribution is -0.137. The summed E-state index contributed by atoms with van der Waals surface area (Å²) < 4.78 is 3.65. The van der Waals surface area contributed by atoms with Gasteiger partial charge in [0, 0.05) is 37.9 Å². The zero-order chi connectivity index (χ0) is 14.3. The van der Waals surface area contributed by atoms with E-state index in [9.17, 15) is 9.59 Å². The molecule has 2 aromatic rings. The molecule has 3 heterocycles. The second kappa shape index (κ2) is 4.56. The van der Waals surface area contributed by atoms with Crippen LogP contribution in [0.25, 0.3) is 0 Å². The second-order valence-corrected chi connectivity index (χ2v) is 4.97. The first-order valence-corrected chi connectivity index (χ1v) is 6.41. The Bertz CT molecular complexity index is 612. The summed E-state index contributed by atoms with van der Waals surface area (Å²) >= 11 is 0. The van der Waals surface area contributed by atoms with Gasteiger partial charge in [-0.05, 0) is 24.3 Å². The molecule has 2 amide bonds. The lowest BCUT2D eigenvalue weighted by atomic mass is 10.1. The first-order chi connectivity index (χ1) is 9.58. The van der Waals surface area contributed by atoms with E-state index in [1.165, 1.54) is 0 Å². The summed E-state index contributed by atoms with van der Waals surface area (Å²) in [7, 11) is 3.69. The van der Waals surface area contributed by atoms with E-state index in [4.69, 9.17) is 0 Å². The summed E-state index contributed by atoms with van der Waals surface area (Å²) in [5.41, 5.74) is 1.53. The molecule has 1 aliphatic heterocycles. The highest BCUT2D eigenvalue weighted by Crippen LogP contribution is 2.23. The van der Waals surface area contributed by atoms with Gasteiger partial charge >= 0.3 is 0 Å². The molecule has 0 aliphatic carbocycles. The number of nitrogens with one attached hydrogen (secondary N) is 2. The number of amides is 2. The first kappa shape index (κ1) is 12.5. The van der Waals surface area contributed by atoms with Crippen LogP contribution in [-0.2, 0) is 23.7 Å². The molecule has 0 bridgehead atoms. The van der Waals surface area contributed by atoms with Crippen LogP contribution in [0.15, 0.2) is 36.7 Å². The Kier molecular flexibility index (Phi) is 2.85. The number of aromatic nitrogens is 2. The number of hydrogen-bond donors (Lipinski definition) is 2. The van der Waals surface area contributed by atoms with Gasteiger partial charge in [0.25, 0.3) is 0 Å². The van der Waals surface area contributed by atoms with E-state index in [-0.39, 0.29) is 11.8 Å². The van der Waals surface area contributed by atoms with Gasteiger partial charge in [-0.3, -0.25) is 9.59 Å². The molecule has 6 heteroatoms. The van der Waals surface area contributed by atoms with E-state index >= 15 is 0 Å². The minimum atomic E-state index is -0.640. The molecule has 1 saturated heterocycles. The van der Waals surface area contributed by atoms with E-state index < -0.39 is 12.1 Å². The van der Waals surface area contributed by atoms with Crippen molar-refractivity contribution in [2.24, 2.45) is 14.1 Å². The molecule has 1 fully saturated rings. The van der Waals surface area contributed by atoms with Crippen LogP contribution < -0.4 is 10.6 Å². The average molecular weight is 272 g/mol. The van der Waals surface area contributed by atoms with Crippen LogP contribution in [0.5, 0.6) is 0 Å². The number of carbonyl (C=O) groups is 2. The molecule has 2 N–H and O–H groups in total. The quantitative estimate of drug-likeness (QED) is 0.830. The number of rotatable bonds is 2. The van der Waals surface area contributed by atoms with Crippen molar-refractivity contribution in [1.29, 1.82) is 0 Å². The fourth-order valence-corrected chi connectivity index (χ4v) is 2.55. The maximum Gasteiger partial charge on any atom is 0.249 e. The number of hydrogen-bond acceptors (Lipinski definition) is 2. The molecule has 0 radical (unpaired) electrons. The molecular weight excluding hydrogens is 256 g/mol. The maximum absolute atomic E-state index is 12.3. The first-order valence-electron chi connectivity index (χ1n) is 6.41. The number of aryl methyl sites for hydroxylation is 2. The van der Waals surface area contributed by atoms with Crippen LogP contribution in [0.1, 0.15) is 23.5 Å². The molecule has 2 atom stereocenters. The Hall–Kier alpha value is -2.50. The van der Waals surface area contributed by atoms with Crippen molar-refractivity contribution in [3.05, 3.63) is 48.0 Å². The number of piperazine rings is 1. The van der Waals surface area contributed by atoms with Crippen molar-refractivity contribution in [3.8, 4) is 0 Å². The minimum Gasteiger partial charge on any atom is -0.352 e. The third-order valence-corrected chi connectivity index (χ3v) is 3.66. The molecule has 2 aromatic heterocycles. The SMILES string of the molecule is Cn1cccc1[C@@H]1NC(=O)[C@H](c2cccn2C)NC1=O. The van der Waals surface area contributed by atoms with Crippen molar-refractivity contribution >= 4 is 11.8 Å². The maximum atomic E-state index is 12.3. The summed E-state index contributed by atoms with van der Waals surface area (Å²) in [5.74, 6) is -0.393. The highest BCUT2D eigenvalue weighted by Gasteiger charge is 2.37. The predicted octanol–water partition coefficient (Wildman–Crippen LogP) is 0.392. The molecule has 0 spiro atoms. The van der Waals surface area contributed by atoms with Gasteiger partial charge in [0.05, 0.1) is 0 Å². The highest BCUT2D eigenvalue weighted by molar-refractivity contribution is 5.97. The van der Waals surface area contributed by atoms with E-state index in [1.807, 2.05) is 59.9 Å². The summed E-state index contributed by atoms with van der Waals surface area (Å²) in [6, 6.07) is 6.06. The van der Waals surface area contributed by atoms with E-state index in [0.29, 0.717) is 0 Å². The molecule has 0 saturated carbocycles. The third-order valence-electron chi connectivity index (χ3n) is 3.66. The number of nitrogens with zero attached hydrogens (tertiary/aromatic N) is 2. The van der Waals surface area contributed by atoms with Crippen LogP contribution >= 0.6 is 0 Å². The summed E-state index contributed by atoms with van der Waals surface area (Å²) in [6.45, 7) is 0. The molecule has 104 valence electrons. The van der Waals surface area contributed by atoms with Gasteiger partial charge in [-0.25, -0.2) is 0 Å². The Labute approximate surface area is 116 Å². The second-order valence-electron chi connectivity index (χ2n) is 4.97. The van der Waals surface area contributed by atoms with Gasteiger partial charge in [0.15, 0.2) is 0 Å². The minimum absolute atomic E-state index is 0.197. The van der Waals surface area contributed by atoms with Gasteiger partial charge < -0.3 is 19.8 Å². The predicted molar refractivity (Wildman–Crippen MR) is 72.6 cm³/mol. The highest BCUT2D eigenvalue weighted by atomic mass is 16.2. The molecule has 20 heavy (non-hydrogen) atoms. The molecule has 3 rings (SSSR count). The van der Waals surface area contributed by atoms with Crippen molar-refractivity contribution < 1.29 is 9.59 Å². The number of carbonyl (C=O) groups excluding carboxylic acids is 2. The zero-order valence-electron chi connectivity index (χ0n) is 11.3. The zero-order valence-corrected chi connectivity index (χ0v) is 11.3. The normalized spacial score (nSPS) is 22.5. The topological polar surface area (TPSA) is 68.1 Å². The van der Waals surface area contributed by atoms with Gasteiger partial charge in [-0.2, -0.15) is 0 Å². The summed E-state index contributed by atoms with van der Waals surface area (Å²) in [5, 5.41) is 5.58. The monoisotopic (exact) mass is 272 g/mol. The Balaban J connectivity index is 1.87. The van der Waals surface area contributed by atoms with E-state index in [0.717, 1.165) is 11.4 Å². The fourth-order valence-electron chi connectivity index (χ4n) is 2.55. The van der Waals surface area contributed by atoms with Crippen LogP contribution in [-0.4, -0.2) is 20.9 Å². The molecule has 0 unspecified atom stereocenters.